The molecule has 8 heteroatoms. The molecule has 0 saturated carbocycles. The van der Waals surface area contributed by atoms with E-state index in [0.717, 1.165) is 6.07 Å². The van der Waals surface area contributed by atoms with Gasteiger partial charge in [0, 0.05) is 18.5 Å². The minimum atomic E-state index is -1.21. The molecule has 0 aromatic heterocycles. The van der Waals surface area contributed by atoms with Crippen LogP contribution in [0.5, 0.6) is 0 Å². The van der Waals surface area contributed by atoms with E-state index in [9.17, 15) is 19.8 Å². The molecule has 0 aliphatic rings. The van der Waals surface area contributed by atoms with Crippen LogP contribution in [-0.2, 0) is 4.52 Å². The molecule has 7 nitrogen and oxygen atoms in total. The predicted molar refractivity (Wildman–Crippen MR) is 99.5 cm³/mol. The summed E-state index contributed by atoms with van der Waals surface area (Å²) < 4.78 is 8.14. The summed E-state index contributed by atoms with van der Waals surface area (Å²) in [5.41, 5.74) is 0.231. The SMILES string of the molecule is CC(C)N(POC(CCC#N)c1cc(C(=O)O)cc(C(=O)O)c1)C(C)C. The van der Waals surface area contributed by atoms with Crippen molar-refractivity contribution in [3.05, 3.63) is 34.9 Å². The number of nitriles is 1. The molecule has 2 atom stereocenters. The van der Waals surface area contributed by atoms with Gasteiger partial charge >= 0.3 is 11.9 Å². The predicted octanol–water partition coefficient (Wildman–Crippen LogP) is 4.07. The molecule has 1 aromatic rings. The average Bonchev–Trinajstić information content (AvgIpc) is 2.56. The quantitative estimate of drug-likeness (QED) is 0.589. The van der Waals surface area contributed by atoms with Crippen LogP contribution in [0.25, 0.3) is 0 Å². The van der Waals surface area contributed by atoms with Gasteiger partial charge < -0.3 is 14.7 Å². The molecule has 0 aliphatic carbocycles. The Morgan fingerprint density at radius 3 is 2.00 bits per heavy atom. The van der Waals surface area contributed by atoms with Crippen LogP contribution >= 0.6 is 8.96 Å². The van der Waals surface area contributed by atoms with Gasteiger partial charge in [0.1, 0.15) is 0 Å². The Morgan fingerprint density at radius 1 is 1.12 bits per heavy atom. The number of benzene rings is 1. The first-order valence-corrected chi connectivity index (χ1v) is 9.21. The van der Waals surface area contributed by atoms with Gasteiger partial charge in [0.2, 0.25) is 0 Å². The second-order valence-electron chi connectivity index (χ2n) is 6.44. The first kappa shape index (κ1) is 22.0. The Balaban J connectivity index is 3.17. The lowest BCUT2D eigenvalue weighted by atomic mass is 9.99. The normalized spacial score (nSPS) is 12.8. The Morgan fingerprint density at radius 2 is 1.62 bits per heavy atom. The molecule has 0 aliphatic heterocycles. The van der Waals surface area contributed by atoms with Crippen LogP contribution in [0.1, 0.15) is 72.9 Å². The largest absolute Gasteiger partial charge is 0.478 e. The van der Waals surface area contributed by atoms with E-state index in [4.69, 9.17) is 9.79 Å². The fourth-order valence-electron chi connectivity index (χ4n) is 2.51. The van der Waals surface area contributed by atoms with Crippen molar-refractivity contribution >= 4 is 20.9 Å². The fraction of sp³-hybridized carbons (Fsp3) is 0.500. The number of carbonyl (C=O) groups is 2. The Hall–Kier alpha value is -2.00. The minimum absolute atomic E-state index is 0.0128. The third-order valence-corrected chi connectivity index (χ3v) is 5.39. The van der Waals surface area contributed by atoms with Crippen LogP contribution in [-0.4, -0.2) is 38.9 Å². The van der Waals surface area contributed by atoms with E-state index in [1.807, 2.05) is 27.7 Å². The summed E-state index contributed by atoms with van der Waals surface area (Å²) >= 11 is 0. The Labute approximate surface area is 155 Å². The Kier molecular flexibility index (Phi) is 8.67. The highest BCUT2D eigenvalue weighted by molar-refractivity contribution is 7.29. The molecule has 0 heterocycles. The molecule has 2 N–H and O–H groups in total. The molecular formula is C18H25N2O5P. The van der Waals surface area contributed by atoms with Crippen molar-refractivity contribution < 1.29 is 24.3 Å². The van der Waals surface area contributed by atoms with Crippen molar-refractivity contribution in [2.75, 3.05) is 0 Å². The van der Waals surface area contributed by atoms with Gasteiger partial charge in [-0.1, -0.05) is 0 Å². The van der Waals surface area contributed by atoms with Gasteiger partial charge in [0.05, 0.1) is 32.3 Å². The summed E-state index contributed by atoms with van der Waals surface area (Å²) in [7, 11) is 0.0128. The maximum atomic E-state index is 11.3. The first-order valence-electron chi connectivity index (χ1n) is 8.35. The summed E-state index contributed by atoms with van der Waals surface area (Å²) in [4.78, 5) is 22.6. The van der Waals surface area contributed by atoms with E-state index in [1.165, 1.54) is 12.1 Å². The third kappa shape index (κ3) is 6.38. The molecule has 0 amide bonds. The van der Waals surface area contributed by atoms with Crippen LogP contribution < -0.4 is 0 Å². The summed E-state index contributed by atoms with van der Waals surface area (Å²) in [6, 6.07) is 6.51. The molecule has 142 valence electrons. The highest BCUT2D eigenvalue weighted by Gasteiger charge is 2.21. The maximum Gasteiger partial charge on any atom is 0.335 e. The highest BCUT2D eigenvalue weighted by atomic mass is 31.1. The zero-order chi connectivity index (χ0) is 19.9. The number of hydrogen-bond donors (Lipinski definition) is 2. The van der Waals surface area contributed by atoms with Crippen molar-refractivity contribution in [1.29, 1.82) is 5.26 Å². The molecule has 0 radical (unpaired) electrons. The van der Waals surface area contributed by atoms with Crippen molar-refractivity contribution in [3.8, 4) is 6.07 Å². The van der Waals surface area contributed by atoms with E-state index in [0.29, 0.717) is 12.0 Å². The van der Waals surface area contributed by atoms with E-state index in [2.05, 4.69) is 10.7 Å². The van der Waals surface area contributed by atoms with Gasteiger partial charge in [-0.05, 0) is 57.9 Å². The molecular weight excluding hydrogens is 355 g/mol. The number of rotatable bonds is 10. The lowest BCUT2D eigenvalue weighted by Crippen LogP contribution is -2.29. The summed E-state index contributed by atoms with van der Waals surface area (Å²) in [5, 5.41) is 27.4. The van der Waals surface area contributed by atoms with Gasteiger partial charge in [-0.25, -0.2) is 9.59 Å². The van der Waals surface area contributed by atoms with Crippen molar-refractivity contribution in [2.24, 2.45) is 0 Å². The van der Waals surface area contributed by atoms with E-state index in [-0.39, 0.29) is 38.6 Å². The highest BCUT2D eigenvalue weighted by Crippen LogP contribution is 2.36. The fourth-order valence-corrected chi connectivity index (χ4v) is 3.43. The van der Waals surface area contributed by atoms with Crippen LogP contribution in [0.2, 0.25) is 0 Å². The minimum Gasteiger partial charge on any atom is -0.478 e. The van der Waals surface area contributed by atoms with Crippen LogP contribution in [0.15, 0.2) is 18.2 Å². The van der Waals surface area contributed by atoms with Crippen molar-refractivity contribution in [1.82, 2.24) is 4.67 Å². The summed E-state index contributed by atoms with van der Waals surface area (Å²) in [6.45, 7) is 8.20. The number of aromatic carboxylic acids is 2. The molecule has 1 rings (SSSR count). The number of carboxylic acids is 2. The van der Waals surface area contributed by atoms with Gasteiger partial charge in [-0.15, -0.1) is 0 Å². The standard InChI is InChI=1S/C18H25N2O5P/c1-11(2)20(12(3)4)26-25-16(6-5-7-19)13-8-14(17(21)22)10-15(9-13)18(23)24/h8-12,16,26H,5-6H2,1-4H3,(H,21,22)(H,23,24). The van der Waals surface area contributed by atoms with Crippen molar-refractivity contribution in [3.63, 3.8) is 0 Å². The number of hydrogen-bond acceptors (Lipinski definition) is 5. The van der Waals surface area contributed by atoms with E-state index >= 15 is 0 Å². The molecule has 0 spiro atoms. The summed E-state index contributed by atoms with van der Waals surface area (Å²) in [5.74, 6) is -2.41. The Bertz CT molecular complexity index is 644. The summed E-state index contributed by atoms with van der Waals surface area (Å²) in [6.07, 6.45) is 0.0267. The first-order chi connectivity index (χ1) is 12.2. The van der Waals surface area contributed by atoms with Crippen LogP contribution in [0.4, 0.5) is 0 Å². The van der Waals surface area contributed by atoms with E-state index < -0.39 is 18.0 Å². The second-order valence-corrected chi connectivity index (χ2v) is 7.38. The molecule has 26 heavy (non-hydrogen) atoms. The number of carboxylic acid groups (broad SMARTS) is 2. The molecule has 1 aromatic carbocycles. The average molecular weight is 380 g/mol. The molecule has 0 bridgehead atoms. The van der Waals surface area contributed by atoms with Crippen molar-refractivity contribution in [2.45, 2.75) is 58.7 Å². The lowest BCUT2D eigenvalue weighted by Gasteiger charge is -2.31. The van der Waals surface area contributed by atoms with Crippen LogP contribution in [0, 0.1) is 11.3 Å². The van der Waals surface area contributed by atoms with Gasteiger partial charge in [0.25, 0.3) is 0 Å². The molecule has 0 fully saturated rings. The topological polar surface area (TPSA) is 111 Å². The smallest absolute Gasteiger partial charge is 0.335 e. The monoisotopic (exact) mass is 380 g/mol. The second kappa shape index (κ2) is 10.2. The lowest BCUT2D eigenvalue weighted by molar-refractivity contribution is 0.0696. The zero-order valence-electron chi connectivity index (χ0n) is 15.4. The van der Waals surface area contributed by atoms with Gasteiger partial charge in [0.15, 0.2) is 0 Å². The van der Waals surface area contributed by atoms with Gasteiger partial charge in [-0.3, -0.25) is 4.67 Å². The molecule has 2 unspecified atom stereocenters. The maximum absolute atomic E-state index is 11.3. The molecule has 0 saturated heterocycles. The number of nitrogens with zero attached hydrogens (tertiary/aromatic N) is 2. The van der Waals surface area contributed by atoms with Gasteiger partial charge in [-0.2, -0.15) is 5.26 Å². The zero-order valence-corrected chi connectivity index (χ0v) is 16.4. The third-order valence-electron chi connectivity index (χ3n) is 3.75. The van der Waals surface area contributed by atoms with E-state index in [1.54, 1.807) is 0 Å². The van der Waals surface area contributed by atoms with Crippen LogP contribution in [0.3, 0.4) is 0 Å².